The van der Waals surface area contributed by atoms with Crippen LogP contribution in [0.5, 0.6) is 0 Å². The first-order valence-electron chi connectivity index (χ1n) is 8.95. The average Bonchev–Trinajstić information content (AvgIpc) is 2.61. The van der Waals surface area contributed by atoms with E-state index in [-0.39, 0.29) is 17.4 Å². The highest BCUT2D eigenvalue weighted by atomic mass is 16.4. The van der Waals surface area contributed by atoms with Crippen LogP contribution in [0.4, 0.5) is 0 Å². The van der Waals surface area contributed by atoms with E-state index in [1.54, 1.807) is 24.3 Å². The van der Waals surface area contributed by atoms with Crippen molar-refractivity contribution in [2.75, 3.05) is 0 Å². The van der Waals surface area contributed by atoms with E-state index in [0.29, 0.717) is 0 Å². The molecule has 0 radical (unpaired) electrons. The van der Waals surface area contributed by atoms with E-state index in [1.165, 1.54) is 5.57 Å². The molecule has 26 heavy (non-hydrogen) atoms. The van der Waals surface area contributed by atoms with Crippen LogP contribution in [-0.2, 0) is 4.79 Å². The first kappa shape index (κ1) is 18.2. The van der Waals surface area contributed by atoms with E-state index in [4.69, 9.17) is 5.11 Å². The highest BCUT2D eigenvalue weighted by Crippen LogP contribution is 2.51. The third-order valence-corrected chi connectivity index (χ3v) is 5.72. The van der Waals surface area contributed by atoms with Crippen molar-refractivity contribution < 1.29 is 19.8 Å². The number of aliphatic carboxylic acids is 1. The minimum Gasteiger partial charge on any atom is -0.481 e. The minimum absolute atomic E-state index is 0.110. The van der Waals surface area contributed by atoms with Gasteiger partial charge >= 0.3 is 11.9 Å². The molecule has 136 valence electrons. The van der Waals surface area contributed by atoms with E-state index < -0.39 is 17.4 Å². The van der Waals surface area contributed by atoms with Gasteiger partial charge in [-0.05, 0) is 62.3 Å². The number of fused-ring (bicyclic) bond motifs is 1. The van der Waals surface area contributed by atoms with Crippen molar-refractivity contribution in [1.29, 1.82) is 0 Å². The lowest BCUT2D eigenvalue weighted by molar-refractivity contribution is -0.151. The quantitative estimate of drug-likeness (QED) is 0.764. The maximum Gasteiger partial charge on any atom is 0.335 e. The second-order valence-corrected chi connectivity index (χ2v) is 7.39. The van der Waals surface area contributed by atoms with Gasteiger partial charge < -0.3 is 10.2 Å². The van der Waals surface area contributed by atoms with Crippen molar-refractivity contribution >= 4 is 17.5 Å². The van der Waals surface area contributed by atoms with E-state index >= 15 is 0 Å². The number of benzene rings is 1. The smallest absolute Gasteiger partial charge is 0.335 e. The molecule has 0 aromatic heterocycles. The van der Waals surface area contributed by atoms with Crippen LogP contribution >= 0.6 is 0 Å². The van der Waals surface area contributed by atoms with Crippen LogP contribution < -0.4 is 0 Å². The standard InChI is InChI=1S/C22H24O4/c1-14-11-18-5-3-4-10-22(18,21(25)26)19(12-14)13-15(2)16-6-8-17(9-7-16)20(23)24/h4,6-10,12-13,18-19H,3,5,11H2,1-2H3,(H,23,24)(H,25,26)/b15-13+/t18-,19+,22+/m1/s1. The molecule has 0 bridgehead atoms. The summed E-state index contributed by atoms with van der Waals surface area (Å²) in [5, 5.41) is 19.1. The Morgan fingerprint density at radius 1 is 1.15 bits per heavy atom. The van der Waals surface area contributed by atoms with Gasteiger partial charge in [-0.15, -0.1) is 0 Å². The SMILES string of the molecule is CC1=C[C@@H](/C=C(\C)c2ccc(C(=O)O)cc2)[C@]2(C(=O)O)C=CCC[C@@H]2C1. The third-order valence-electron chi connectivity index (χ3n) is 5.72. The van der Waals surface area contributed by atoms with Gasteiger partial charge in [-0.1, -0.05) is 42.0 Å². The number of carboxylic acids is 2. The van der Waals surface area contributed by atoms with E-state index in [1.807, 2.05) is 25.2 Å². The van der Waals surface area contributed by atoms with Crippen LogP contribution in [0, 0.1) is 17.3 Å². The first-order valence-corrected chi connectivity index (χ1v) is 8.95. The fourth-order valence-corrected chi connectivity index (χ4v) is 4.32. The Labute approximate surface area is 153 Å². The summed E-state index contributed by atoms with van der Waals surface area (Å²) in [6, 6.07) is 6.70. The van der Waals surface area contributed by atoms with Gasteiger partial charge in [0.2, 0.25) is 0 Å². The van der Waals surface area contributed by atoms with Crippen molar-refractivity contribution in [3.63, 3.8) is 0 Å². The maximum absolute atomic E-state index is 12.3. The van der Waals surface area contributed by atoms with Gasteiger partial charge in [-0.3, -0.25) is 4.79 Å². The van der Waals surface area contributed by atoms with Crippen LogP contribution in [0.3, 0.4) is 0 Å². The fourth-order valence-electron chi connectivity index (χ4n) is 4.32. The summed E-state index contributed by atoms with van der Waals surface area (Å²) in [5.74, 6) is -1.82. The molecular formula is C22H24O4. The highest BCUT2D eigenvalue weighted by Gasteiger charge is 2.51. The van der Waals surface area contributed by atoms with Crippen molar-refractivity contribution in [3.05, 3.63) is 65.3 Å². The molecule has 2 aliphatic carbocycles. The zero-order chi connectivity index (χ0) is 18.9. The summed E-state index contributed by atoms with van der Waals surface area (Å²) in [7, 11) is 0. The molecule has 0 fully saturated rings. The Bertz CT molecular complexity index is 813. The number of hydrogen-bond donors (Lipinski definition) is 2. The van der Waals surface area contributed by atoms with Crippen LogP contribution in [0.2, 0.25) is 0 Å². The molecule has 0 heterocycles. The molecule has 0 saturated carbocycles. The van der Waals surface area contributed by atoms with Gasteiger partial charge in [-0.25, -0.2) is 4.79 Å². The second-order valence-electron chi connectivity index (χ2n) is 7.39. The topological polar surface area (TPSA) is 74.6 Å². The molecule has 4 heteroatoms. The Kier molecular flexibility index (Phi) is 4.86. The lowest BCUT2D eigenvalue weighted by Crippen LogP contribution is -2.46. The summed E-state index contributed by atoms with van der Waals surface area (Å²) in [6.45, 7) is 4.02. The monoisotopic (exact) mass is 352 g/mol. The molecule has 0 spiro atoms. The number of carbonyl (C=O) groups is 2. The lowest BCUT2D eigenvalue weighted by Gasteiger charge is -2.44. The zero-order valence-corrected chi connectivity index (χ0v) is 15.1. The number of aromatic carboxylic acids is 1. The fraction of sp³-hybridized carbons (Fsp3) is 0.364. The van der Waals surface area contributed by atoms with Crippen LogP contribution in [-0.4, -0.2) is 22.2 Å². The Hall–Kier alpha value is -2.62. The average molecular weight is 352 g/mol. The molecule has 1 aromatic carbocycles. The number of carboxylic acid groups (broad SMARTS) is 2. The summed E-state index contributed by atoms with van der Waals surface area (Å²) in [4.78, 5) is 23.3. The molecule has 3 rings (SSSR count). The van der Waals surface area contributed by atoms with Crippen molar-refractivity contribution in [3.8, 4) is 0 Å². The molecular weight excluding hydrogens is 328 g/mol. The molecule has 3 atom stereocenters. The second kappa shape index (κ2) is 6.94. The summed E-state index contributed by atoms with van der Waals surface area (Å²) >= 11 is 0. The number of allylic oxidation sites excluding steroid dienone is 5. The van der Waals surface area contributed by atoms with Gasteiger partial charge in [0, 0.05) is 5.92 Å². The molecule has 0 amide bonds. The van der Waals surface area contributed by atoms with Crippen molar-refractivity contribution in [2.45, 2.75) is 33.1 Å². The van der Waals surface area contributed by atoms with E-state index in [0.717, 1.165) is 30.4 Å². The van der Waals surface area contributed by atoms with Crippen LogP contribution in [0.15, 0.2) is 54.1 Å². The van der Waals surface area contributed by atoms with Gasteiger partial charge in [0.25, 0.3) is 0 Å². The number of hydrogen-bond acceptors (Lipinski definition) is 2. The van der Waals surface area contributed by atoms with Crippen molar-refractivity contribution in [1.82, 2.24) is 0 Å². The molecule has 2 aliphatic rings. The summed E-state index contributed by atoms with van der Waals surface area (Å²) < 4.78 is 0. The largest absolute Gasteiger partial charge is 0.481 e. The van der Waals surface area contributed by atoms with Gasteiger partial charge in [0.05, 0.1) is 11.0 Å². The molecule has 0 unspecified atom stereocenters. The third kappa shape index (κ3) is 3.12. The normalized spacial score (nSPS) is 28.2. The molecule has 2 N–H and O–H groups in total. The predicted molar refractivity (Wildman–Crippen MR) is 101 cm³/mol. The van der Waals surface area contributed by atoms with E-state index in [2.05, 4.69) is 13.0 Å². The Balaban J connectivity index is 2.01. The minimum atomic E-state index is -0.955. The van der Waals surface area contributed by atoms with E-state index in [9.17, 15) is 14.7 Å². The molecule has 4 nitrogen and oxygen atoms in total. The predicted octanol–water partition coefficient (Wildman–Crippen LogP) is 4.79. The van der Waals surface area contributed by atoms with Gasteiger partial charge in [-0.2, -0.15) is 0 Å². The summed E-state index contributed by atoms with van der Waals surface area (Å²) in [5.41, 5.74) is 2.45. The first-order chi connectivity index (χ1) is 12.3. The van der Waals surface area contributed by atoms with Crippen molar-refractivity contribution in [2.24, 2.45) is 17.3 Å². The van der Waals surface area contributed by atoms with Crippen LogP contribution in [0.25, 0.3) is 5.57 Å². The lowest BCUT2D eigenvalue weighted by atomic mass is 9.57. The highest BCUT2D eigenvalue weighted by molar-refractivity contribution is 5.88. The molecule has 1 aromatic rings. The van der Waals surface area contributed by atoms with Crippen LogP contribution in [0.1, 0.15) is 49.0 Å². The summed E-state index contributed by atoms with van der Waals surface area (Å²) in [6.07, 6.45) is 10.6. The number of rotatable bonds is 4. The maximum atomic E-state index is 12.3. The Morgan fingerprint density at radius 2 is 1.81 bits per heavy atom. The Morgan fingerprint density at radius 3 is 2.42 bits per heavy atom. The zero-order valence-electron chi connectivity index (χ0n) is 15.1. The van der Waals surface area contributed by atoms with Gasteiger partial charge in [0.15, 0.2) is 0 Å². The van der Waals surface area contributed by atoms with Gasteiger partial charge in [0.1, 0.15) is 0 Å². The molecule has 0 aliphatic heterocycles. The molecule has 0 saturated heterocycles.